The Hall–Kier alpha value is -3.11. The fraction of sp³-hybridized carbons (Fsp3) is 0.263. The van der Waals surface area contributed by atoms with Gasteiger partial charge in [0.15, 0.2) is 0 Å². The molecule has 1 aliphatic carbocycles. The molecule has 1 aromatic carbocycles. The van der Waals surface area contributed by atoms with Crippen LogP contribution in [0.25, 0.3) is 10.9 Å². The van der Waals surface area contributed by atoms with Gasteiger partial charge >= 0.3 is 0 Å². The van der Waals surface area contributed by atoms with E-state index in [1.807, 2.05) is 12.1 Å². The average molecular weight is 381 g/mol. The molecule has 2 heterocycles. The smallest absolute Gasteiger partial charge is 0.255 e. The van der Waals surface area contributed by atoms with Crippen LogP contribution in [0.15, 0.2) is 12.1 Å². The summed E-state index contributed by atoms with van der Waals surface area (Å²) >= 11 is 6.46. The summed E-state index contributed by atoms with van der Waals surface area (Å²) in [4.78, 5) is 11.7. The number of benzene rings is 1. The Bertz CT molecular complexity index is 1120. The summed E-state index contributed by atoms with van der Waals surface area (Å²) in [6.07, 6.45) is 4.24. The molecule has 0 radical (unpaired) electrons. The molecule has 4 rings (SSSR count). The lowest BCUT2D eigenvalue weighted by atomic mass is 9.93. The molecule has 7 nitrogen and oxygen atoms in total. The van der Waals surface area contributed by atoms with Crippen molar-refractivity contribution in [1.29, 1.82) is 0 Å². The van der Waals surface area contributed by atoms with Crippen molar-refractivity contribution in [3.8, 4) is 11.8 Å². The third-order valence-corrected chi connectivity index (χ3v) is 5.02. The van der Waals surface area contributed by atoms with E-state index in [0.29, 0.717) is 16.4 Å². The van der Waals surface area contributed by atoms with Gasteiger partial charge in [-0.25, -0.2) is 0 Å². The molecule has 0 saturated carbocycles. The summed E-state index contributed by atoms with van der Waals surface area (Å²) in [7, 11) is 1.66. The maximum Gasteiger partial charge on any atom is 0.255 e. The van der Waals surface area contributed by atoms with Crippen molar-refractivity contribution >= 4 is 34.2 Å². The van der Waals surface area contributed by atoms with E-state index in [2.05, 4.69) is 37.6 Å². The number of aromatic amines is 1. The van der Waals surface area contributed by atoms with Crippen molar-refractivity contribution in [3.63, 3.8) is 0 Å². The van der Waals surface area contributed by atoms with E-state index in [4.69, 9.17) is 17.3 Å². The van der Waals surface area contributed by atoms with Crippen molar-refractivity contribution in [1.82, 2.24) is 20.4 Å². The monoisotopic (exact) mass is 380 g/mol. The number of amides is 1. The highest BCUT2D eigenvalue weighted by atomic mass is 35.5. The summed E-state index contributed by atoms with van der Waals surface area (Å²) in [6.45, 7) is 0. The maximum atomic E-state index is 11.7. The molecule has 0 fully saturated rings. The topological polar surface area (TPSA) is 110 Å². The Morgan fingerprint density at radius 3 is 2.85 bits per heavy atom. The van der Waals surface area contributed by atoms with E-state index < -0.39 is 5.91 Å². The number of nitrogens with one attached hydrogen (secondary N) is 2. The number of halogens is 1. The Labute approximate surface area is 160 Å². The summed E-state index contributed by atoms with van der Waals surface area (Å²) in [5.74, 6) is 5.65. The van der Waals surface area contributed by atoms with Gasteiger partial charge in [-0.15, -0.1) is 0 Å². The van der Waals surface area contributed by atoms with E-state index in [1.165, 1.54) is 5.56 Å². The fourth-order valence-electron chi connectivity index (χ4n) is 3.37. The second kappa shape index (κ2) is 6.89. The molecule has 27 heavy (non-hydrogen) atoms. The highest BCUT2D eigenvalue weighted by Gasteiger charge is 2.17. The van der Waals surface area contributed by atoms with E-state index in [9.17, 15) is 4.79 Å². The number of H-pyrrole nitrogens is 1. The van der Waals surface area contributed by atoms with Crippen molar-refractivity contribution in [2.24, 2.45) is 5.73 Å². The maximum absolute atomic E-state index is 11.7. The van der Waals surface area contributed by atoms with Crippen LogP contribution >= 0.6 is 11.6 Å². The van der Waals surface area contributed by atoms with E-state index in [0.717, 1.165) is 42.3 Å². The summed E-state index contributed by atoms with van der Waals surface area (Å²) < 4.78 is 0. The molecule has 8 heteroatoms. The van der Waals surface area contributed by atoms with Crippen molar-refractivity contribution in [2.75, 3.05) is 12.4 Å². The molecule has 3 aromatic rings. The first-order valence-corrected chi connectivity index (χ1v) is 9.02. The van der Waals surface area contributed by atoms with E-state index in [-0.39, 0.29) is 11.3 Å². The zero-order valence-corrected chi connectivity index (χ0v) is 15.4. The van der Waals surface area contributed by atoms with Crippen LogP contribution in [-0.4, -0.2) is 33.3 Å². The molecule has 136 valence electrons. The van der Waals surface area contributed by atoms with Gasteiger partial charge in [0.05, 0.1) is 16.2 Å². The van der Waals surface area contributed by atoms with Gasteiger partial charge < -0.3 is 11.1 Å². The predicted molar refractivity (Wildman–Crippen MR) is 104 cm³/mol. The van der Waals surface area contributed by atoms with Crippen LogP contribution < -0.4 is 11.1 Å². The predicted octanol–water partition coefficient (Wildman–Crippen LogP) is 2.43. The van der Waals surface area contributed by atoms with Gasteiger partial charge in [0.1, 0.15) is 17.1 Å². The number of rotatable bonds is 2. The number of hydrogen-bond donors (Lipinski definition) is 3. The quantitative estimate of drug-likeness (QED) is 0.591. The first kappa shape index (κ1) is 17.3. The second-order valence-electron chi connectivity index (χ2n) is 6.37. The third-order valence-electron chi connectivity index (χ3n) is 4.71. The Balaban J connectivity index is 1.79. The number of primary amides is 1. The highest BCUT2D eigenvalue weighted by molar-refractivity contribution is 6.32. The van der Waals surface area contributed by atoms with Crippen LogP contribution in [0.3, 0.4) is 0 Å². The van der Waals surface area contributed by atoms with Gasteiger partial charge in [0.25, 0.3) is 5.91 Å². The Morgan fingerprint density at radius 1 is 1.26 bits per heavy atom. The van der Waals surface area contributed by atoms with Crippen molar-refractivity contribution in [2.45, 2.75) is 25.7 Å². The standard InChI is InChI=1S/C19H17ClN6O/c1-22-19-17(18(21)27)15(24-26-19)7-6-10-8-16-12(9-13(10)20)11-4-2-3-5-14(11)23-25-16/h8-9H,2-5H2,1H3,(H2,21,27)(H2,22,24,26). The average Bonchev–Trinajstić information content (AvgIpc) is 3.09. The first-order valence-electron chi connectivity index (χ1n) is 8.64. The van der Waals surface area contributed by atoms with Gasteiger partial charge in [0, 0.05) is 18.0 Å². The fourth-order valence-corrected chi connectivity index (χ4v) is 3.58. The molecule has 0 unspecified atom stereocenters. The summed E-state index contributed by atoms with van der Waals surface area (Å²) in [6, 6.07) is 3.72. The molecule has 0 saturated heterocycles. The van der Waals surface area contributed by atoms with E-state index in [1.54, 1.807) is 7.05 Å². The minimum absolute atomic E-state index is 0.218. The lowest BCUT2D eigenvalue weighted by Crippen LogP contribution is -2.13. The van der Waals surface area contributed by atoms with Gasteiger partial charge in [0.2, 0.25) is 0 Å². The largest absolute Gasteiger partial charge is 0.373 e. The van der Waals surface area contributed by atoms with Gasteiger partial charge in [-0.3, -0.25) is 9.89 Å². The molecular weight excluding hydrogens is 364 g/mol. The Morgan fingerprint density at radius 2 is 2.07 bits per heavy atom. The number of nitrogens with zero attached hydrogens (tertiary/aromatic N) is 3. The van der Waals surface area contributed by atoms with Crippen LogP contribution in [0.5, 0.6) is 0 Å². The highest BCUT2D eigenvalue weighted by Crippen LogP contribution is 2.30. The molecule has 0 atom stereocenters. The number of carbonyl (C=O) groups is 1. The Kier molecular flexibility index (Phi) is 4.42. The van der Waals surface area contributed by atoms with Crippen LogP contribution in [0.1, 0.15) is 45.7 Å². The zero-order chi connectivity index (χ0) is 19.0. The number of carbonyl (C=O) groups excluding carboxylic acids is 1. The lowest BCUT2D eigenvalue weighted by molar-refractivity contribution is 0.100. The van der Waals surface area contributed by atoms with Crippen LogP contribution in [0.2, 0.25) is 5.02 Å². The first-order chi connectivity index (χ1) is 13.1. The van der Waals surface area contributed by atoms with Crippen LogP contribution in [0.4, 0.5) is 5.82 Å². The molecular formula is C19H17ClN6O. The van der Waals surface area contributed by atoms with Crippen molar-refractivity contribution in [3.05, 3.63) is 45.2 Å². The zero-order valence-electron chi connectivity index (χ0n) is 14.7. The molecule has 1 aliphatic rings. The summed E-state index contributed by atoms with van der Waals surface area (Å²) in [5.41, 5.74) is 9.55. The number of nitrogens with two attached hydrogens (primary N) is 1. The number of aromatic nitrogens is 4. The summed E-state index contributed by atoms with van der Waals surface area (Å²) in [5, 5.41) is 19.8. The molecule has 2 aromatic heterocycles. The molecule has 0 spiro atoms. The second-order valence-corrected chi connectivity index (χ2v) is 6.78. The van der Waals surface area contributed by atoms with E-state index >= 15 is 0 Å². The van der Waals surface area contributed by atoms with Gasteiger partial charge in [-0.1, -0.05) is 17.5 Å². The van der Waals surface area contributed by atoms with Crippen LogP contribution in [-0.2, 0) is 12.8 Å². The number of anilines is 1. The molecule has 0 aliphatic heterocycles. The SMILES string of the molecule is CNc1[nH]nc(C#Cc2cc3nnc4c(c3cc2Cl)CCCC4)c1C(N)=O. The molecule has 1 amide bonds. The van der Waals surface area contributed by atoms with Crippen LogP contribution in [0, 0.1) is 11.8 Å². The number of fused-ring (bicyclic) bond motifs is 3. The van der Waals surface area contributed by atoms with Crippen molar-refractivity contribution < 1.29 is 4.79 Å². The molecule has 0 bridgehead atoms. The minimum Gasteiger partial charge on any atom is -0.373 e. The molecule has 4 N–H and O–H groups in total. The van der Waals surface area contributed by atoms with Gasteiger partial charge in [-0.2, -0.15) is 15.3 Å². The normalized spacial score (nSPS) is 13.0. The lowest BCUT2D eigenvalue weighted by Gasteiger charge is -2.16. The number of hydrogen-bond acceptors (Lipinski definition) is 5. The van der Waals surface area contributed by atoms with Gasteiger partial charge in [-0.05, 0) is 49.3 Å². The number of aryl methyl sites for hydroxylation is 2. The minimum atomic E-state index is -0.612. The third kappa shape index (κ3) is 3.09.